The van der Waals surface area contributed by atoms with Crippen molar-refractivity contribution in [2.45, 2.75) is 11.4 Å². The van der Waals surface area contributed by atoms with Crippen LogP contribution in [-0.2, 0) is 11.3 Å². The SMILES string of the molecule is N#CCSc1ccccc1C(=O)NCc1ccc(N2CCOCC2)nc1. The van der Waals surface area contributed by atoms with Gasteiger partial charge >= 0.3 is 0 Å². The number of ether oxygens (including phenoxy) is 1. The highest BCUT2D eigenvalue weighted by Gasteiger charge is 2.13. The maximum atomic E-state index is 12.5. The summed E-state index contributed by atoms with van der Waals surface area (Å²) in [5.74, 6) is 1.10. The summed E-state index contributed by atoms with van der Waals surface area (Å²) in [7, 11) is 0. The molecular formula is C19H20N4O2S. The van der Waals surface area contributed by atoms with Crippen LogP contribution in [0.4, 0.5) is 5.82 Å². The molecule has 1 N–H and O–H groups in total. The first kappa shape index (κ1) is 18.2. The van der Waals surface area contributed by atoms with Crippen LogP contribution in [-0.4, -0.2) is 42.9 Å². The smallest absolute Gasteiger partial charge is 0.252 e. The number of rotatable bonds is 6. The molecule has 6 nitrogen and oxygen atoms in total. The molecule has 1 amide bonds. The number of benzene rings is 1. The minimum Gasteiger partial charge on any atom is -0.378 e. The summed E-state index contributed by atoms with van der Waals surface area (Å²) in [6.45, 7) is 3.55. The Balaban J connectivity index is 1.58. The quantitative estimate of drug-likeness (QED) is 0.789. The van der Waals surface area contributed by atoms with Crippen molar-refractivity contribution >= 4 is 23.5 Å². The van der Waals surface area contributed by atoms with Gasteiger partial charge in [0.15, 0.2) is 0 Å². The monoisotopic (exact) mass is 368 g/mol. The second-order valence-corrected chi connectivity index (χ2v) is 6.77. The fraction of sp³-hybridized carbons (Fsp3) is 0.316. The van der Waals surface area contributed by atoms with E-state index in [4.69, 9.17) is 10.00 Å². The van der Waals surface area contributed by atoms with Crippen molar-refractivity contribution in [3.8, 4) is 6.07 Å². The van der Waals surface area contributed by atoms with E-state index in [1.807, 2.05) is 30.3 Å². The van der Waals surface area contributed by atoms with Gasteiger partial charge in [0.05, 0.1) is 30.6 Å². The van der Waals surface area contributed by atoms with Gasteiger partial charge in [-0.1, -0.05) is 18.2 Å². The lowest BCUT2D eigenvalue weighted by Gasteiger charge is -2.27. The summed E-state index contributed by atoms with van der Waals surface area (Å²) < 4.78 is 5.35. The molecule has 0 aliphatic carbocycles. The van der Waals surface area contributed by atoms with Gasteiger partial charge in [0, 0.05) is 30.7 Å². The molecule has 2 heterocycles. The summed E-state index contributed by atoms with van der Waals surface area (Å²) in [5.41, 5.74) is 1.53. The van der Waals surface area contributed by atoms with Gasteiger partial charge in [-0.05, 0) is 23.8 Å². The molecule has 134 valence electrons. The number of nitrogens with zero attached hydrogens (tertiary/aromatic N) is 3. The molecule has 1 aromatic heterocycles. The van der Waals surface area contributed by atoms with E-state index in [9.17, 15) is 4.79 Å². The van der Waals surface area contributed by atoms with Gasteiger partial charge in [-0.2, -0.15) is 5.26 Å². The molecular weight excluding hydrogens is 348 g/mol. The molecule has 0 saturated carbocycles. The number of thioether (sulfide) groups is 1. The van der Waals surface area contributed by atoms with Gasteiger partial charge in [0.1, 0.15) is 5.82 Å². The topological polar surface area (TPSA) is 78.2 Å². The molecule has 1 saturated heterocycles. The number of anilines is 1. The summed E-state index contributed by atoms with van der Waals surface area (Å²) in [4.78, 5) is 20.0. The molecule has 0 unspecified atom stereocenters. The molecule has 1 aliphatic rings. The lowest BCUT2D eigenvalue weighted by molar-refractivity contribution is 0.0948. The lowest BCUT2D eigenvalue weighted by atomic mass is 10.2. The highest BCUT2D eigenvalue weighted by Crippen LogP contribution is 2.22. The van der Waals surface area contributed by atoms with Gasteiger partial charge in [-0.3, -0.25) is 4.79 Å². The Kier molecular flexibility index (Phi) is 6.47. The Bertz CT molecular complexity index is 783. The fourth-order valence-corrected chi connectivity index (χ4v) is 3.38. The number of carbonyl (C=O) groups is 1. The van der Waals surface area contributed by atoms with E-state index in [1.54, 1.807) is 12.3 Å². The zero-order chi connectivity index (χ0) is 18.2. The van der Waals surface area contributed by atoms with E-state index in [1.165, 1.54) is 11.8 Å². The van der Waals surface area contributed by atoms with Crippen molar-refractivity contribution in [1.82, 2.24) is 10.3 Å². The lowest BCUT2D eigenvalue weighted by Crippen LogP contribution is -2.36. The standard InChI is InChI=1S/C19H20N4O2S/c20-7-12-26-17-4-2-1-3-16(17)19(24)22-14-15-5-6-18(21-13-15)23-8-10-25-11-9-23/h1-6,13H,8-12,14H2,(H,22,24). The van der Waals surface area contributed by atoms with Gasteiger partial charge in [-0.15, -0.1) is 11.8 Å². The minimum atomic E-state index is -0.150. The molecule has 3 rings (SSSR count). The Labute approximate surface area is 157 Å². The van der Waals surface area contributed by atoms with Crippen LogP contribution in [0.2, 0.25) is 0 Å². The maximum absolute atomic E-state index is 12.5. The molecule has 0 radical (unpaired) electrons. The van der Waals surface area contributed by atoms with Crippen LogP contribution in [0.3, 0.4) is 0 Å². The average molecular weight is 368 g/mol. The number of nitriles is 1. The maximum Gasteiger partial charge on any atom is 0.252 e. The van der Waals surface area contributed by atoms with E-state index >= 15 is 0 Å². The zero-order valence-electron chi connectivity index (χ0n) is 14.4. The number of nitrogens with one attached hydrogen (secondary N) is 1. The molecule has 7 heteroatoms. The third-order valence-electron chi connectivity index (χ3n) is 4.02. The molecule has 1 aliphatic heterocycles. The van der Waals surface area contributed by atoms with E-state index < -0.39 is 0 Å². The van der Waals surface area contributed by atoms with Crippen LogP contribution in [0.25, 0.3) is 0 Å². The summed E-state index contributed by atoms with van der Waals surface area (Å²) >= 11 is 1.36. The van der Waals surface area contributed by atoms with Crippen molar-refractivity contribution in [1.29, 1.82) is 5.26 Å². The Morgan fingerprint density at radius 3 is 2.81 bits per heavy atom. The summed E-state index contributed by atoms with van der Waals surface area (Å²) in [5, 5.41) is 11.7. The number of hydrogen-bond donors (Lipinski definition) is 1. The summed E-state index contributed by atoms with van der Waals surface area (Å²) in [6.07, 6.45) is 1.79. The Hall–Kier alpha value is -2.56. The van der Waals surface area contributed by atoms with Crippen molar-refractivity contribution < 1.29 is 9.53 Å². The normalized spacial score (nSPS) is 13.9. The highest BCUT2D eigenvalue weighted by molar-refractivity contribution is 7.99. The first-order valence-electron chi connectivity index (χ1n) is 8.42. The number of hydrogen-bond acceptors (Lipinski definition) is 6. The van der Waals surface area contributed by atoms with E-state index in [0.29, 0.717) is 17.9 Å². The molecule has 2 aromatic rings. The number of amides is 1. The predicted molar refractivity (Wildman–Crippen MR) is 101 cm³/mol. The van der Waals surface area contributed by atoms with Crippen LogP contribution >= 0.6 is 11.8 Å². The van der Waals surface area contributed by atoms with Gasteiger partial charge in [0.2, 0.25) is 0 Å². The van der Waals surface area contributed by atoms with Crippen molar-refractivity contribution in [2.75, 3.05) is 37.0 Å². The van der Waals surface area contributed by atoms with Crippen molar-refractivity contribution in [3.05, 3.63) is 53.7 Å². The largest absolute Gasteiger partial charge is 0.378 e. The molecule has 0 atom stereocenters. The third kappa shape index (κ3) is 4.75. The van der Waals surface area contributed by atoms with Crippen LogP contribution in [0.15, 0.2) is 47.5 Å². The number of carbonyl (C=O) groups excluding carboxylic acids is 1. The Morgan fingerprint density at radius 2 is 2.08 bits per heavy atom. The summed E-state index contributed by atoms with van der Waals surface area (Å²) in [6, 6.07) is 13.4. The fourth-order valence-electron chi connectivity index (χ4n) is 2.67. The molecule has 26 heavy (non-hydrogen) atoms. The second-order valence-electron chi connectivity index (χ2n) is 5.75. The minimum absolute atomic E-state index is 0.150. The van der Waals surface area contributed by atoms with Gasteiger partial charge in [0.25, 0.3) is 5.91 Å². The first-order chi connectivity index (χ1) is 12.8. The van der Waals surface area contributed by atoms with Gasteiger partial charge in [-0.25, -0.2) is 4.98 Å². The first-order valence-corrected chi connectivity index (χ1v) is 9.41. The van der Waals surface area contributed by atoms with E-state index in [-0.39, 0.29) is 5.91 Å². The molecule has 0 spiro atoms. The van der Waals surface area contributed by atoms with Crippen molar-refractivity contribution in [3.63, 3.8) is 0 Å². The van der Waals surface area contributed by atoms with Crippen LogP contribution in [0.5, 0.6) is 0 Å². The number of aromatic nitrogens is 1. The van der Waals surface area contributed by atoms with Crippen LogP contribution in [0, 0.1) is 11.3 Å². The third-order valence-corrected chi connectivity index (χ3v) is 4.96. The van der Waals surface area contributed by atoms with Crippen LogP contribution in [0.1, 0.15) is 15.9 Å². The average Bonchev–Trinajstić information content (AvgIpc) is 2.71. The second kappa shape index (κ2) is 9.22. The predicted octanol–water partition coefficient (Wildman–Crippen LogP) is 2.46. The van der Waals surface area contributed by atoms with Crippen LogP contribution < -0.4 is 10.2 Å². The number of morpholine rings is 1. The van der Waals surface area contributed by atoms with E-state index in [0.717, 1.165) is 42.6 Å². The molecule has 1 aromatic carbocycles. The molecule has 1 fully saturated rings. The molecule has 0 bridgehead atoms. The van der Waals surface area contributed by atoms with E-state index in [2.05, 4.69) is 21.3 Å². The highest BCUT2D eigenvalue weighted by atomic mass is 32.2. The number of pyridine rings is 1. The Morgan fingerprint density at radius 1 is 1.27 bits per heavy atom. The zero-order valence-corrected chi connectivity index (χ0v) is 15.2. The van der Waals surface area contributed by atoms with Crippen molar-refractivity contribution in [2.24, 2.45) is 0 Å². The van der Waals surface area contributed by atoms with Gasteiger partial charge < -0.3 is 15.0 Å².